The number of hydrogen-bond donors (Lipinski definition) is 2. The molecule has 2 aliphatic carbocycles. The molecule has 2 atom stereocenters. The van der Waals surface area contributed by atoms with Crippen molar-refractivity contribution in [2.45, 2.75) is 62.6 Å². The number of carbonyl (C=O) groups is 1. The summed E-state index contributed by atoms with van der Waals surface area (Å²) in [5, 5.41) is 6.82. The van der Waals surface area contributed by atoms with Gasteiger partial charge in [0.25, 0.3) is 0 Å². The van der Waals surface area contributed by atoms with Crippen molar-refractivity contribution in [3.8, 4) is 0 Å². The Morgan fingerprint density at radius 2 is 1.79 bits per heavy atom. The smallest absolute Gasteiger partial charge is 0.240 e. The van der Waals surface area contributed by atoms with Crippen LogP contribution in [0.1, 0.15) is 44.9 Å². The third-order valence-corrected chi connectivity index (χ3v) is 4.19. The van der Waals surface area contributed by atoms with E-state index in [1.807, 2.05) is 0 Å². The van der Waals surface area contributed by atoms with Gasteiger partial charge in [-0.05, 0) is 32.1 Å². The topological polar surface area (TPSA) is 41.1 Å². The van der Waals surface area contributed by atoms with Gasteiger partial charge in [0.05, 0.1) is 5.54 Å². The molecule has 0 aromatic rings. The normalized spacial score (nSPS) is 39.9. The Bertz CT molecular complexity index is 260. The highest BCUT2D eigenvalue weighted by Crippen LogP contribution is 2.37. The fraction of sp³-hybridized carbons (Fsp3) is 0.909. The van der Waals surface area contributed by atoms with E-state index >= 15 is 0 Å². The van der Waals surface area contributed by atoms with Gasteiger partial charge in [0.1, 0.15) is 0 Å². The number of piperazine rings is 1. The maximum absolute atomic E-state index is 11.9. The zero-order valence-electron chi connectivity index (χ0n) is 8.51. The number of carbonyl (C=O) groups excluding carboxylic acids is 1. The molecule has 3 rings (SSSR count). The summed E-state index contributed by atoms with van der Waals surface area (Å²) in [6, 6.07) is 0.976. The second-order valence-corrected chi connectivity index (χ2v) is 5.05. The molecule has 1 saturated heterocycles. The summed E-state index contributed by atoms with van der Waals surface area (Å²) in [6.45, 7) is 0. The predicted octanol–water partition coefficient (Wildman–Crippen LogP) is 0.940. The van der Waals surface area contributed by atoms with Crippen molar-refractivity contribution in [2.75, 3.05) is 0 Å². The van der Waals surface area contributed by atoms with Crippen LogP contribution in [0, 0.1) is 0 Å². The molecule has 0 radical (unpaired) electrons. The van der Waals surface area contributed by atoms with Gasteiger partial charge in [0, 0.05) is 12.1 Å². The molecule has 1 amide bonds. The molecule has 3 heteroatoms. The van der Waals surface area contributed by atoms with Crippen molar-refractivity contribution in [1.82, 2.24) is 10.6 Å². The molecule has 0 bridgehead atoms. The lowest BCUT2D eigenvalue weighted by atomic mass is 9.72. The Morgan fingerprint density at radius 3 is 2.43 bits per heavy atom. The maximum Gasteiger partial charge on any atom is 0.240 e. The Kier molecular flexibility index (Phi) is 1.84. The third-order valence-electron chi connectivity index (χ3n) is 4.19. The zero-order chi connectivity index (χ0) is 9.60. The molecule has 3 fully saturated rings. The number of nitrogens with one attached hydrogen (secondary N) is 2. The van der Waals surface area contributed by atoms with E-state index in [1.165, 1.54) is 32.1 Å². The second kappa shape index (κ2) is 2.96. The minimum absolute atomic E-state index is 0.154. The van der Waals surface area contributed by atoms with Gasteiger partial charge >= 0.3 is 0 Å². The molecule has 1 spiro atoms. The predicted molar refractivity (Wildman–Crippen MR) is 53.9 cm³/mol. The molecule has 2 saturated carbocycles. The van der Waals surface area contributed by atoms with Gasteiger partial charge in [0.15, 0.2) is 0 Å². The highest BCUT2D eigenvalue weighted by atomic mass is 16.2. The molecule has 0 aromatic carbocycles. The molecule has 78 valence electrons. The maximum atomic E-state index is 11.9. The van der Waals surface area contributed by atoms with Gasteiger partial charge in [-0.1, -0.05) is 12.8 Å². The van der Waals surface area contributed by atoms with Crippen molar-refractivity contribution in [1.29, 1.82) is 0 Å². The van der Waals surface area contributed by atoms with Crippen LogP contribution in [0.25, 0.3) is 0 Å². The van der Waals surface area contributed by atoms with Crippen molar-refractivity contribution in [3.05, 3.63) is 0 Å². The molecule has 14 heavy (non-hydrogen) atoms. The summed E-state index contributed by atoms with van der Waals surface area (Å²) in [4.78, 5) is 11.9. The molecular weight excluding hydrogens is 176 g/mol. The largest absolute Gasteiger partial charge is 0.350 e. The number of amides is 1. The summed E-state index contributed by atoms with van der Waals surface area (Å²) >= 11 is 0. The van der Waals surface area contributed by atoms with Gasteiger partial charge in [-0.2, -0.15) is 0 Å². The Hall–Kier alpha value is -0.570. The number of rotatable bonds is 0. The molecule has 3 aliphatic rings. The average molecular weight is 194 g/mol. The van der Waals surface area contributed by atoms with E-state index in [9.17, 15) is 4.79 Å². The van der Waals surface area contributed by atoms with E-state index in [-0.39, 0.29) is 11.4 Å². The lowest BCUT2D eigenvalue weighted by molar-refractivity contribution is -0.136. The van der Waals surface area contributed by atoms with Crippen LogP contribution < -0.4 is 10.6 Å². The first-order valence-corrected chi connectivity index (χ1v) is 5.89. The van der Waals surface area contributed by atoms with Crippen LogP contribution in [0.4, 0.5) is 0 Å². The molecular formula is C11H18N2O. The van der Waals surface area contributed by atoms with Crippen molar-refractivity contribution in [2.24, 2.45) is 0 Å². The first-order valence-electron chi connectivity index (χ1n) is 5.89. The van der Waals surface area contributed by atoms with Gasteiger partial charge in [-0.15, -0.1) is 0 Å². The number of fused-ring (bicyclic) bond motifs is 1. The van der Waals surface area contributed by atoms with Crippen LogP contribution >= 0.6 is 0 Å². The summed E-state index contributed by atoms with van der Waals surface area (Å²) in [5.41, 5.74) is -0.154. The molecule has 2 N–H and O–H groups in total. The highest BCUT2D eigenvalue weighted by Gasteiger charge is 2.50. The van der Waals surface area contributed by atoms with Crippen molar-refractivity contribution < 1.29 is 4.79 Å². The molecule has 1 aliphatic heterocycles. The average Bonchev–Trinajstić information content (AvgIpc) is 2.14. The minimum Gasteiger partial charge on any atom is -0.350 e. The van der Waals surface area contributed by atoms with E-state index in [1.54, 1.807) is 0 Å². The molecule has 0 unspecified atom stereocenters. The van der Waals surface area contributed by atoms with E-state index in [0.717, 1.165) is 12.8 Å². The summed E-state index contributed by atoms with van der Waals surface area (Å²) in [5.74, 6) is 0.270. The molecule has 1 heterocycles. The number of hydrogen-bond acceptors (Lipinski definition) is 2. The monoisotopic (exact) mass is 194 g/mol. The van der Waals surface area contributed by atoms with Crippen LogP contribution in [-0.2, 0) is 4.79 Å². The van der Waals surface area contributed by atoms with Crippen LogP contribution in [0.2, 0.25) is 0 Å². The van der Waals surface area contributed by atoms with Gasteiger partial charge in [0.2, 0.25) is 5.91 Å². The summed E-state index contributed by atoms with van der Waals surface area (Å²) < 4.78 is 0. The van der Waals surface area contributed by atoms with Gasteiger partial charge in [-0.25, -0.2) is 0 Å². The van der Waals surface area contributed by atoms with Gasteiger partial charge < -0.3 is 5.32 Å². The van der Waals surface area contributed by atoms with Crippen LogP contribution in [0.15, 0.2) is 0 Å². The second-order valence-electron chi connectivity index (χ2n) is 5.05. The minimum atomic E-state index is -0.154. The fourth-order valence-electron chi connectivity index (χ4n) is 3.11. The van der Waals surface area contributed by atoms with E-state index < -0.39 is 0 Å². The summed E-state index contributed by atoms with van der Waals surface area (Å²) in [6.07, 6.45) is 8.30. The molecule has 0 aromatic heterocycles. The Morgan fingerprint density at radius 1 is 1.07 bits per heavy atom. The van der Waals surface area contributed by atoms with Gasteiger partial charge in [-0.3, -0.25) is 10.1 Å². The Labute approximate surface area is 84.6 Å². The van der Waals surface area contributed by atoms with E-state index in [2.05, 4.69) is 10.6 Å². The Balaban J connectivity index is 1.78. The van der Waals surface area contributed by atoms with Crippen LogP contribution in [0.5, 0.6) is 0 Å². The molecule has 3 nitrogen and oxygen atoms in total. The highest BCUT2D eigenvalue weighted by molar-refractivity contribution is 5.88. The third kappa shape index (κ3) is 1.11. The zero-order valence-corrected chi connectivity index (χ0v) is 8.51. The van der Waals surface area contributed by atoms with E-state index in [4.69, 9.17) is 0 Å². The summed E-state index contributed by atoms with van der Waals surface area (Å²) in [7, 11) is 0. The fourth-order valence-corrected chi connectivity index (χ4v) is 3.11. The van der Waals surface area contributed by atoms with E-state index in [0.29, 0.717) is 12.1 Å². The van der Waals surface area contributed by atoms with Crippen LogP contribution in [-0.4, -0.2) is 23.5 Å². The van der Waals surface area contributed by atoms with Crippen LogP contribution in [0.3, 0.4) is 0 Å². The quantitative estimate of drug-likeness (QED) is 0.602. The first-order chi connectivity index (χ1) is 6.80. The standard InChI is InChI=1S/C11H18N2O/c14-10-11(6-3-7-11)13-9-5-2-1-4-8(9)12-10/h8-9,13H,1-7H2,(H,12,14)/t8-,9+/m1/s1. The first kappa shape index (κ1) is 8.72. The van der Waals surface area contributed by atoms with Crippen molar-refractivity contribution in [3.63, 3.8) is 0 Å². The SMILES string of the molecule is O=C1N[C@@H]2CCCC[C@@H]2NC12CCC2. The lowest BCUT2D eigenvalue weighted by Gasteiger charge is -2.51. The lowest BCUT2D eigenvalue weighted by Crippen LogP contribution is -2.73. The van der Waals surface area contributed by atoms with Crippen molar-refractivity contribution >= 4 is 5.91 Å².